The zero-order valence-corrected chi connectivity index (χ0v) is 11.5. The second-order valence-electron chi connectivity index (χ2n) is 4.93. The Morgan fingerprint density at radius 3 is 2.94 bits per heavy atom. The van der Waals surface area contributed by atoms with Gasteiger partial charge in [0.25, 0.3) is 0 Å². The van der Waals surface area contributed by atoms with Crippen LogP contribution in [0.25, 0.3) is 0 Å². The summed E-state index contributed by atoms with van der Waals surface area (Å²) in [5, 5.41) is 0.588. The van der Waals surface area contributed by atoms with Gasteiger partial charge in [-0.25, -0.2) is 4.39 Å². The van der Waals surface area contributed by atoms with E-state index in [0.29, 0.717) is 23.0 Å². The minimum atomic E-state index is -0.175. The van der Waals surface area contributed by atoms with Gasteiger partial charge in [0.15, 0.2) is 0 Å². The summed E-state index contributed by atoms with van der Waals surface area (Å²) < 4.78 is 14.0. The maximum absolute atomic E-state index is 14.0. The van der Waals surface area contributed by atoms with Crippen molar-refractivity contribution in [3.05, 3.63) is 34.6 Å². The van der Waals surface area contributed by atoms with Gasteiger partial charge in [0, 0.05) is 16.6 Å². The van der Waals surface area contributed by atoms with Crippen molar-refractivity contribution in [1.29, 1.82) is 0 Å². The number of likely N-dealkylation sites (tertiary alicyclic amines) is 1. The van der Waals surface area contributed by atoms with Crippen LogP contribution >= 0.6 is 11.6 Å². The average molecular weight is 271 g/mol. The minimum Gasteiger partial charge on any atom is -0.330 e. The van der Waals surface area contributed by atoms with Gasteiger partial charge in [-0.1, -0.05) is 18.5 Å². The highest BCUT2D eigenvalue weighted by Crippen LogP contribution is 2.38. The Balaban J connectivity index is 2.33. The summed E-state index contributed by atoms with van der Waals surface area (Å²) in [7, 11) is 0. The highest BCUT2D eigenvalue weighted by atomic mass is 35.5. The summed E-state index contributed by atoms with van der Waals surface area (Å²) in [4.78, 5) is 2.33. The van der Waals surface area contributed by atoms with Gasteiger partial charge in [0.05, 0.1) is 0 Å². The summed E-state index contributed by atoms with van der Waals surface area (Å²) in [6.07, 6.45) is 2.10. The SMILES string of the molecule is CCCN1CCC(CN)C1c1cc(Cl)ccc1F. The standard InChI is InChI=1S/C14H20ClFN2/c1-2-6-18-7-5-10(9-17)14(18)12-8-11(15)3-4-13(12)16/h3-4,8,10,14H,2,5-7,9,17H2,1H3. The van der Waals surface area contributed by atoms with Crippen LogP contribution in [0.4, 0.5) is 4.39 Å². The minimum absolute atomic E-state index is 0.0775. The van der Waals surface area contributed by atoms with Gasteiger partial charge in [-0.05, 0) is 56.6 Å². The van der Waals surface area contributed by atoms with Crippen LogP contribution in [0, 0.1) is 11.7 Å². The Morgan fingerprint density at radius 2 is 2.28 bits per heavy atom. The van der Waals surface area contributed by atoms with E-state index in [1.807, 2.05) is 0 Å². The van der Waals surface area contributed by atoms with Crippen molar-refractivity contribution in [2.24, 2.45) is 11.7 Å². The number of halogens is 2. The Kier molecular flexibility index (Phi) is 4.60. The fourth-order valence-electron chi connectivity index (χ4n) is 2.90. The lowest BCUT2D eigenvalue weighted by Crippen LogP contribution is -2.29. The summed E-state index contributed by atoms with van der Waals surface area (Å²) in [6.45, 7) is 4.71. The van der Waals surface area contributed by atoms with Gasteiger partial charge in [0.1, 0.15) is 5.82 Å². The first kappa shape index (κ1) is 13.8. The molecule has 0 spiro atoms. The molecule has 1 fully saturated rings. The number of rotatable bonds is 4. The Labute approximate surface area is 113 Å². The van der Waals surface area contributed by atoms with E-state index in [2.05, 4.69) is 11.8 Å². The van der Waals surface area contributed by atoms with Gasteiger partial charge in [-0.15, -0.1) is 0 Å². The highest BCUT2D eigenvalue weighted by molar-refractivity contribution is 6.30. The quantitative estimate of drug-likeness (QED) is 0.910. The van der Waals surface area contributed by atoms with E-state index in [1.54, 1.807) is 12.1 Å². The molecule has 1 aliphatic rings. The second kappa shape index (κ2) is 6.00. The molecule has 18 heavy (non-hydrogen) atoms. The first-order valence-electron chi connectivity index (χ1n) is 6.56. The zero-order chi connectivity index (χ0) is 13.1. The van der Waals surface area contributed by atoms with Crippen LogP contribution in [0.5, 0.6) is 0 Å². The van der Waals surface area contributed by atoms with Gasteiger partial charge in [0.2, 0.25) is 0 Å². The zero-order valence-electron chi connectivity index (χ0n) is 10.7. The number of benzene rings is 1. The van der Waals surface area contributed by atoms with Crippen molar-refractivity contribution in [1.82, 2.24) is 4.90 Å². The number of hydrogen-bond acceptors (Lipinski definition) is 2. The van der Waals surface area contributed by atoms with Crippen LogP contribution < -0.4 is 5.73 Å². The molecule has 100 valence electrons. The van der Waals surface area contributed by atoms with E-state index in [1.165, 1.54) is 6.07 Å². The van der Waals surface area contributed by atoms with Gasteiger partial charge < -0.3 is 5.73 Å². The third-order valence-electron chi connectivity index (χ3n) is 3.72. The monoisotopic (exact) mass is 270 g/mol. The summed E-state index contributed by atoms with van der Waals surface area (Å²) in [5.74, 6) is 0.148. The summed E-state index contributed by atoms with van der Waals surface area (Å²) in [6, 6.07) is 4.87. The molecule has 0 bridgehead atoms. The van der Waals surface area contributed by atoms with Crippen LogP contribution in [-0.2, 0) is 0 Å². The molecule has 4 heteroatoms. The largest absolute Gasteiger partial charge is 0.330 e. The highest BCUT2D eigenvalue weighted by Gasteiger charge is 2.35. The first-order valence-corrected chi connectivity index (χ1v) is 6.94. The van der Waals surface area contributed by atoms with E-state index >= 15 is 0 Å². The first-order chi connectivity index (χ1) is 8.67. The molecule has 0 saturated carbocycles. The topological polar surface area (TPSA) is 29.3 Å². The summed E-state index contributed by atoms with van der Waals surface area (Å²) >= 11 is 5.99. The van der Waals surface area contributed by atoms with Crippen molar-refractivity contribution in [3.8, 4) is 0 Å². The molecule has 1 aliphatic heterocycles. The molecule has 0 amide bonds. The van der Waals surface area contributed by atoms with Crippen LogP contribution in [0.2, 0.25) is 5.02 Å². The number of nitrogens with zero attached hydrogens (tertiary/aromatic N) is 1. The van der Waals surface area contributed by atoms with Gasteiger partial charge in [-0.3, -0.25) is 4.90 Å². The van der Waals surface area contributed by atoms with E-state index in [-0.39, 0.29) is 11.9 Å². The van der Waals surface area contributed by atoms with Gasteiger partial charge in [-0.2, -0.15) is 0 Å². The molecule has 1 aromatic carbocycles. The molecular formula is C14H20ClFN2. The molecule has 0 radical (unpaired) electrons. The molecule has 1 saturated heterocycles. The smallest absolute Gasteiger partial charge is 0.128 e. The number of nitrogens with two attached hydrogens (primary N) is 1. The molecular weight excluding hydrogens is 251 g/mol. The fourth-order valence-corrected chi connectivity index (χ4v) is 3.08. The van der Waals surface area contributed by atoms with Crippen molar-refractivity contribution >= 4 is 11.6 Å². The molecule has 0 aliphatic carbocycles. The Hall–Kier alpha value is -0.640. The van der Waals surface area contributed by atoms with Gasteiger partial charge >= 0.3 is 0 Å². The van der Waals surface area contributed by atoms with E-state index < -0.39 is 0 Å². The van der Waals surface area contributed by atoms with Crippen molar-refractivity contribution in [2.75, 3.05) is 19.6 Å². The maximum atomic E-state index is 14.0. The normalized spacial score (nSPS) is 24.7. The predicted octanol–water partition coefficient (Wildman–Crippen LogP) is 3.21. The van der Waals surface area contributed by atoms with Crippen LogP contribution in [0.1, 0.15) is 31.4 Å². The van der Waals surface area contributed by atoms with E-state index in [9.17, 15) is 4.39 Å². The third-order valence-corrected chi connectivity index (χ3v) is 3.95. The second-order valence-corrected chi connectivity index (χ2v) is 5.37. The van der Waals surface area contributed by atoms with E-state index in [4.69, 9.17) is 17.3 Å². The van der Waals surface area contributed by atoms with Crippen LogP contribution in [0.15, 0.2) is 18.2 Å². The lowest BCUT2D eigenvalue weighted by molar-refractivity contribution is 0.225. The molecule has 0 aromatic heterocycles. The van der Waals surface area contributed by atoms with Crippen LogP contribution in [0.3, 0.4) is 0 Å². The van der Waals surface area contributed by atoms with E-state index in [0.717, 1.165) is 25.9 Å². The molecule has 2 atom stereocenters. The lowest BCUT2D eigenvalue weighted by atomic mass is 9.93. The lowest BCUT2D eigenvalue weighted by Gasteiger charge is -2.28. The maximum Gasteiger partial charge on any atom is 0.128 e. The molecule has 1 heterocycles. The average Bonchev–Trinajstić information content (AvgIpc) is 2.75. The molecule has 2 N–H and O–H groups in total. The van der Waals surface area contributed by atoms with Crippen molar-refractivity contribution < 1.29 is 4.39 Å². The third kappa shape index (κ3) is 2.68. The number of hydrogen-bond donors (Lipinski definition) is 1. The fraction of sp³-hybridized carbons (Fsp3) is 0.571. The molecule has 2 rings (SSSR count). The van der Waals surface area contributed by atoms with Crippen molar-refractivity contribution in [2.45, 2.75) is 25.8 Å². The Morgan fingerprint density at radius 1 is 1.50 bits per heavy atom. The van der Waals surface area contributed by atoms with Crippen LogP contribution in [-0.4, -0.2) is 24.5 Å². The summed E-state index contributed by atoms with van der Waals surface area (Å²) in [5.41, 5.74) is 6.52. The molecule has 2 nitrogen and oxygen atoms in total. The van der Waals surface area contributed by atoms with Crippen molar-refractivity contribution in [3.63, 3.8) is 0 Å². The Bertz CT molecular complexity index is 411. The predicted molar refractivity (Wildman–Crippen MR) is 73.2 cm³/mol. The molecule has 2 unspecified atom stereocenters. The molecule has 1 aromatic rings.